The summed E-state index contributed by atoms with van der Waals surface area (Å²) in [4.78, 5) is 14.5. The van der Waals surface area contributed by atoms with Gasteiger partial charge in [-0.2, -0.15) is 0 Å². The highest BCUT2D eigenvalue weighted by Gasteiger charge is 2.03. The Morgan fingerprint density at radius 2 is 2.50 bits per heavy atom. The SMILES string of the molecule is COc1ncc[c]c1NC(C)=O. The molecule has 1 aromatic heterocycles. The van der Waals surface area contributed by atoms with E-state index >= 15 is 0 Å². The van der Waals surface area contributed by atoms with Crippen LogP contribution in [0.3, 0.4) is 0 Å². The maximum atomic E-state index is 10.7. The second kappa shape index (κ2) is 3.71. The summed E-state index contributed by atoms with van der Waals surface area (Å²) < 4.78 is 4.89. The van der Waals surface area contributed by atoms with Gasteiger partial charge in [-0.05, 0) is 6.07 Å². The van der Waals surface area contributed by atoms with Crippen molar-refractivity contribution < 1.29 is 9.53 Å². The van der Waals surface area contributed by atoms with Gasteiger partial charge in [-0.1, -0.05) is 0 Å². The van der Waals surface area contributed by atoms with Crippen molar-refractivity contribution in [1.82, 2.24) is 4.98 Å². The molecule has 63 valence electrons. The third kappa shape index (κ3) is 1.95. The summed E-state index contributed by atoms with van der Waals surface area (Å²) >= 11 is 0. The lowest BCUT2D eigenvalue weighted by Gasteiger charge is -2.05. The number of nitrogens with one attached hydrogen (secondary N) is 1. The molecule has 0 unspecified atom stereocenters. The molecule has 12 heavy (non-hydrogen) atoms. The van der Waals surface area contributed by atoms with E-state index in [2.05, 4.69) is 16.4 Å². The first-order valence-corrected chi connectivity index (χ1v) is 3.42. The fourth-order valence-corrected chi connectivity index (χ4v) is 0.772. The molecule has 0 aliphatic rings. The Balaban J connectivity index is 2.89. The first kappa shape index (κ1) is 8.52. The van der Waals surface area contributed by atoms with Crippen molar-refractivity contribution in [2.45, 2.75) is 6.92 Å². The fourth-order valence-electron chi connectivity index (χ4n) is 0.772. The number of nitrogens with zero attached hydrogens (tertiary/aromatic N) is 1. The number of hydrogen-bond donors (Lipinski definition) is 1. The second-order valence-corrected chi connectivity index (χ2v) is 2.15. The van der Waals surface area contributed by atoms with Gasteiger partial charge in [-0.3, -0.25) is 4.79 Å². The van der Waals surface area contributed by atoms with Crippen LogP contribution in [0.2, 0.25) is 0 Å². The van der Waals surface area contributed by atoms with E-state index in [1.54, 1.807) is 12.3 Å². The Hall–Kier alpha value is -1.58. The van der Waals surface area contributed by atoms with Crippen LogP contribution in [0.5, 0.6) is 5.88 Å². The summed E-state index contributed by atoms with van der Waals surface area (Å²) in [5, 5.41) is 2.54. The molecule has 0 spiro atoms. The molecule has 1 radical (unpaired) electrons. The molecule has 1 heterocycles. The number of aromatic nitrogens is 1. The van der Waals surface area contributed by atoms with Gasteiger partial charge in [0.25, 0.3) is 0 Å². The monoisotopic (exact) mass is 165 g/mol. The van der Waals surface area contributed by atoms with E-state index in [4.69, 9.17) is 4.74 Å². The highest BCUT2D eigenvalue weighted by Crippen LogP contribution is 2.18. The number of anilines is 1. The van der Waals surface area contributed by atoms with E-state index in [9.17, 15) is 4.79 Å². The van der Waals surface area contributed by atoms with E-state index in [0.29, 0.717) is 11.6 Å². The number of rotatable bonds is 2. The van der Waals surface area contributed by atoms with E-state index < -0.39 is 0 Å². The van der Waals surface area contributed by atoms with Crippen molar-refractivity contribution in [3.05, 3.63) is 18.3 Å². The first-order valence-electron chi connectivity index (χ1n) is 3.42. The molecule has 0 atom stereocenters. The molecule has 1 rings (SSSR count). The molecule has 0 aliphatic carbocycles. The van der Waals surface area contributed by atoms with Crippen molar-refractivity contribution in [3.63, 3.8) is 0 Å². The predicted octanol–water partition coefficient (Wildman–Crippen LogP) is 0.849. The largest absolute Gasteiger partial charge is 0.479 e. The van der Waals surface area contributed by atoms with Crippen LogP contribution in [0, 0.1) is 6.07 Å². The van der Waals surface area contributed by atoms with Crippen LogP contribution in [0.25, 0.3) is 0 Å². The minimum atomic E-state index is -0.169. The standard InChI is InChI=1S/C8H9N2O2/c1-6(11)10-7-4-3-5-9-8(7)12-2/h3,5H,1-2H3,(H,10,11). The second-order valence-electron chi connectivity index (χ2n) is 2.15. The Morgan fingerprint density at radius 3 is 3.08 bits per heavy atom. The van der Waals surface area contributed by atoms with Gasteiger partial charge in [0.05, 0.1) is 7.11 Å². The number of carbonyl (C=O) groups excluding carboxylic acids is 1. The number of hydrogen-bond acceptors (Lipinski definition) is 3. The average molecular weight is 165 g/mol. The van der Waals surface area contributed by atoms with Crippen molar-refractivity contribution in [2.24, 2.45) is 0 Å². The number of pyridine rings is 1. The highest BCUT2D eigenvalue weighted by molar-refractivity contribution is 5.89. The Morgan fingerprint density at radius 1 is 1.75 bits per heavy atom. The van der Waals surface area contributed by atoms with Gasteiger partial charge in [-0.15, -0.1) is 0 Å². The van der Waals surface area contributed by atoms with Gasteiger partial charge >= 0.3 is 0 Å². The zero-order valence-electron chi connectivity index (χ0n) is 6.92. The van der Waals surface area contributed by atoms with Crippen LogP contribution in [0.15, 0.2) is 12.3 Å². The van der Waals surface area contributed by atoms with E-state index in [1.807, 2.05) is 0 Å². The molecular formula is C8H9N2O2. The Labute approximate surface area is 70.6 Å². The Bertz CT molecular complexity index is 286. The lowest BCUT2D eigenvalue weighted by molar-refractivity contribution is -0.114. The molecule has 0 saturated heterocycles. The third-order valence-electron chi connectivity index (χ3n) is 1.20. The smallest absolute Gasteiger partial charge is 0.238 e. The molecule has 0 aromatic carbocycles. The quantitative estimate of drug-likeness (QED) is 0.706. The molecule has 0 aliphatic heterocycles. The highest BCUT2D eigenvalue weighted by atomic mass is 16.5. The maximum absolute atomic E-state index is 10.7. The number of methoxy groups -OCH3 is 1. The van der Waals surface area contributed by atoms with Crippen LogP contribution >= 0.6 is 0 Å². The van der Waals surface area contributed by atoms with Gasteiger partial charge in [0.15, 0.2) is 0 Å². The lowest BCUT2D eigenvalue weighted by Crippen LogP contribution is -2.07. The predicted molar refractivity (Wildman–Crippen MR) is 43.9 cm³/mol. The zero-order valence-corrected chi connectivity index (χ0v) is 6.92. The normalized spacial score (nSPS) is 9.17. The van der Waals surface area contributed by atoms with Crippen LogP contribution in [0.4, 0.5) is 5.69 Å². The Kier molecular flexibility index (Phi) is 2.63. The average Bonchev–Trinajstić information content (AvgIpc) is 2.04. The van der Waals surface area contributed by atoms with E-state index in [-0.39, 0.29) is 5.91 Å². The molecule has 0 bridgehead atoms. The van der Waals surface area contributed by atoms with Gasteiger partial charge in [0.2, 0.25) is 11.8 Å². The summed E-state index contributed by atoms with van der Waals surface area (Å²) in [5.74, 6) is 0.199. The van der Waals surface area contributed by atoms with E-state index in [0.717, 1.165) is 0 Å². The number of ether oxygens (including phenoxy) is 1. The summed E-state index contributed by atoms with van der Waals surface area (Å²) in [6.45, 7) is 1.42. The van der Waals surface area contributed by atoms with Crippen molar-refractivity contribution in [2.75, 3.05) is 12.4 Å². The maximum Gasteiger partial charge on any atom is 0.238 e. The molecule has 4 nitrogen and oxygen atoms in total. The minimum absolute atomic E-state index is 0.169. The van der Waals surface area contributed by atoms with Crippen molar-refractivity contribution in [1.29, 1.82) is 0 Å². The van der Waals surface area contributed by atoms with Gasteiger partial charge < -0.3 is 10.1 Å². The molecule has 4 heteroatoms. The zero-order chi connectivity index (χ0) is 8.97. The molecule has 0 fully saturated rings. The first-order chi connectivity index (χ1) is 5.74. The van der Waals surface area contributed by atoms with Crippen LogP contribution in [-0.4, -0.2) is 18.0 Å². The van der Waals surface area contributed by atoms with Gasteiger partial charge in [0, 0.05) is 19.2 Å². The van der Waals surface area contributed by atoms with Crippen molar-refractivity contribution in [3.8, 4) is 5.88 Å². The van der Waals surface area contributed by atoms with Gasteiger partial charge in [-0.25, -0.2) is 4.98 Å². The van der Waals surface area contributed by atoms with Crippen LogP contribution < -0.4 is 10.1 Å². The topological polar surface area (TPSA) is 51.2 Å². The van der Waals surface area contributed by atoms with Crippen LogP contribution in [0.1, 0.15) is 6.92 Å². The van der Waals surface area contributed by atoms with E-state index in [1.165, 1.54) is 14.0 Å². The summed E-state index contributed by atoms with van der Waals surface area (Å²) in [7, 11) is 1.49. The molecule has 1 aromatic rings. The molecule has 1 N–H and O–H groups in total. The lowest BCUT2D eigenvalue weighted by atomic mass is 10.4. The third-order valence-corrected chi connectivity index (χ3v) is 1.20. The van der Waals surface area contributed by atoms with Gasteiger partial charge in [0.1, 0.15) is 5.69 Å². The van der Waals surface area contributed by atoms with Crippen molar-refractivity contribution >= 4 is 11.6 Å². The molecule has 0 saturated carbocycles. The summed E-state index contributed by atoms with van der Waals surface area (Å²) in [6.07, 6.45) is 1.55. The summed E-state index contributed by atoms with van der Waals surface area (Å²) in [6, 6.07) is 4.40. The molecular weight excluding hydrogens is 156 g/mol. The summed E-state index contributed by atoms with van der Waals surface area (Å²) in [5.41, 5.74) is 0.465. The number of amides is 1. The fraction of sp³-hybridized carbons (Fsp3) is 0.250. The minimum Gasteiger partial charge on any atom is -0.479 e. The number of carbonyl (C=O) groups is 1. The van der Waals surface area contributed by atoms with Crippen LogP contribution in [-0.2, 0) is 4.79 Å². The molecule has 1 amide bonds.